The molecule has 1 aromatic rings. The Morgan fingerprint density at radius 2 is 2.00 bits per heavy atom. The van der Waals surface area contributed by atoms with Crippen LogP contribution in [0.25, 0.3) is 0 Å². The molecule has 1 N–H and O–H groups in total. The quantitative estimate of drug-likeness (QED) is 0.849. The van der Waals surface area contributed by atoms with Gasteiger partial charge in [-0.05, 0) is 25.9 Å². The Kier molecular flexibility index (Phi) is 3.97. The predicted molar refractivity (Wildman–Crippen MR) is 63.2 cm³/mol. The number of thioether (sulfide) groups is 1. The Morgan fingerprint density at radius 3 is 2.60 bits per heavy atom. The largest absolute Gasteiger partial charge is 0.317 e. The van der Waals surface area contributed by atoms with Crippen molar-refractivity contribution in [1.29, 1.82) is 0 Å². The molecule has 1 aromatic heterocycles. The SMILES string of the molecule is CCc1ncc(SC2CCNCC2)cn1. The number of hydrogen-bond acceptors (Lipinski definition) is 4. The van der Waals surface area contributed by atoms with Crippen LogP contribution >= 0.6 is 11.8 Å². The minimum absolute atomic E-state index is 0.738. The van der Waals surface area contributed by atoms with Gasteiger partial charge in [0.25, 0.3) is 0 Å². The third-order valence-electron chi connectivity index (χ3n) is 2.59. The molecule has 2 heterocycles. The Balaban J connectivity index is 1.91. The van der Waals surface area contributed by atoms with Crippen LogP contribution in [0.2, 0.25) is 0 Å². The molecule has 0 amide bonds. The molecule has 2 rings (SSSR count). The first-order valence-corrected chi connectivity index (χ1v) is 6.44. The molecule has 1 saturated heterocycles. The number of nitrogens with zero attached hydrogens (tertiary/aromatic N) is 2. The molecular formula is C11H17N3S. The Labute approximate surface area is 95.1 Å². The number of piperidine rings is 1. The lowest BCUT2D eigenvalue weighted by Crippen LogP contribution is -2.29. The van der Waals surface area contributed by atoms with Crippen molar-refractivity contribution >= 4 is 11.8 Å². The van der Waals surface area contributed by atoms with Crippen molar-refractivity contribution in [2.45, 2.75) is 36.3 Å². The second kappa shape index (κ2) is 5.47. The summed E-state index contributed by atoms with van der Waals surface area (Å²) >= 11 is 1.92. The van der Waals surface area contributed by atoms with Gasteiger partial charge in [0, 0.05) is 29.0 Å². The lowest BCUT2D eigenvalue weighted by molar-refractivity contribution is 0.531. The first-order valence-electron chi connectivity index (χ1n) is 5.57. The van der Waals surface area contributed by atoms with Crippen LogP contribution < -0.4 is 5.32 Å². The maximum atomic E-state index is 4.32. The van der Waals surface area contributed by atoms with E-state index >= 15 is 0 Å². The number of rotatable bonds is 3. The topological polar surface area (TPSA) is 37.8 Å². The third kappa shape index (κ3) is 3.18. The third-order valence-corrected chi connectivity index (χ3v) is 3.87. The van der Waals surface area contributed by atoms with E-state index in [2.05, 4.69) is 22.2 Å². The molecule has 0 unspecified atom stereocenters. The first-order chi connectivity index (χ1) is 7.38. The highest BCUT2D eigenvalue weighted by Crippen LogP contribution is 2.27. The molecule has 0 aromatic carbocycles. The molecule has 15 heavy (non-hydrogen) atoms. The van der Waals surface area contributed by atoms with Gasteiger partial charge in [-0.3, -0.25) is 0 Å². The van der Waals surface area contributed by atoms with E-state index in [-0.39, 0.29) is 0 Å². The van der Waals surface area contributed by atoms with Crippen molar-refractivity contribution < 1.29 is 0 Å². The molecule has 1 fully saturated rings. The zero-order valence-electron chi connectivity index (χ0n) is 9.07. The summed E-state index contributed by atoms with van der Waals surface area (Å²) in [6.45, 7) is 4.37. The highest BCUT2D eigenvalue weighted by molar-refractivity contribution is 8.00. The summed E-state index contributed by atoms with van der Waals surface area (Å²) in [6, 6.07) is 0. The van der Waals surface area contributed by atoms with E-state index < -0.39 is 0 Å². The van der Waals surface area contributed by atoms with E-state index in [4.69, 9.17) is 0 Å². The normalized spacial score (nSPS) is 17.9. The Hall–Kier alpha value is -0.610. The Morgan fingerprint density at radius 1 is 1.33 bits per heavy atom. The minimum atomic E-state index is 0.738. The van der Waals surface area contributed by atoms with Gasteiger partial charge in [0.1, 0.15) is 5.82 Å². The van der Waals surface area contributed by atoms with E-state index in [0.717, 1.165) is 30.6 Å². The van der Waals surface area contributed by atoms with Crippen LogP contribution in [-0.2, 0) is 6.42 Å². The number of nitrogens with one attached hydrogen (secondary N) is 1. The van der Waals surface area contributed by atoms with Crippen LogP contribution in [0.1, 0.15) is 25.6 Å². The summed E-state index contributed by atoms with van der Waals surface area (Å²) in [5, 5.41) is 4.11. The molecule has 3 nitrogen and oxygen atoms in total. The smallest absolute Gasteiger partial charge is 0.128 e. The molecule has 0 bridgehead atoms. The maximum absolute atomic E-state index is 4.32. The fourth-order valence-electron chi connectivity index (χ4n) is 1.69. The van der Waals surface area contributed by atoms with E-state index in [1.54, 1.807) is 0 Å². The molecule has 1 aliphatic rings. The minimum Gasteiger partial charge on any atom is -0.317 e. The van der Waals surface area contributed by atoms with Crippen molar-refractivity contribution in [3.05, 3.63) is 18.2 Å². The average Bonchev–Trinajstić information content (AvgIpc) is 2.31. The van der Waals surface area contributed by atoms with E-state index in [1.165, 1.54) is 17.7 Å². The van der Waals surface area contributed by atoms with Gasteiger partial charge in [0.2, 0.25) is 0 Å². The molecule has 1 aliphatic heterocycles. The molecule has 0 atom stereocenters. The standard InChI is InChI=1S/C11H17N3S/c1-2-11-13-7-10(8-14-11)15-9-3-5-12-6-4-9/h7-9,12H,2-6H2,1H3. The lowest BCUT2D eigenvalue weighted by atomic mass is 10.2. The van der Waals surface area contributed by atoms with Crippen molar-refractivity contribution in [3.63, 3.8) is 0 Å². The second-order valence-corrected chi connectivity index (χ2v) is 5.13. The monoisotopic (exact) mass is 223 g/mol. The summed E-state index contributed by atoms with van der Waals surface area (Å²) in [4.78, 5) is 9.84. The highest BCUT2D eigenvalue weighted by atomic mass is 32.2. The molecule has 0 radical (unpaired) electrons. The van der Waals surface area contributed by atoms with Crippen LogP contribution in [0, 0.1) is 0 Å². The highest BCUT2D eigenvalue weighted by Gasteiger charge is 2.14. The number of hydrogen-bond donors (Lipinski definition) is 1. The summed E-state index contributed by atoms with van der Waals surface area (Å²) in [5.74, 6) is 0.935. The fourth-order valence-corrected chi connectivity index (χ4v) is 2.78. The predicted octanol–water partition coefficient (Wildman–Crippen LogP) is 1.88. The molecule has 0 aliphatic carbocycles. The van der Waals surface area contributed by atoms with Crippen molar-refractivity contribution in [1.82, 2.24) is 15.3 Å². The van der Waals surface area contributed by atoms with Crippen LogP contribution in [0.5, 0.6) is 0 Å². The van der Waals surface area contributed by atoms with Crippen LogP contribution in [-0.4, -0.2) is 28.3 Å². The molecular weight excluding hydrogens is 206 g/mol. The Bertz CT molecular complexity index is 293. The fraction of sp³-hybridized carbons (Fsp3) is 0.636. The van der Waals surface area contributed by atoms with Gasteiger partial charge in [0.15, 0.2) is 0 Å². The van der Waals surface area contributed by atoms with Gasteiger partial charge in [-0.2, -0.15) is 0 Å². The summed E-state index contributed by atoms with van der Waals surface area (Å²) < 4.78 is 0. The van der Waals surface area contributed by atoms with E-state index in [1.807, 2.05) is 24.2 Å². The van der Waals surface area contributed by atoms with Crippen molar-refractivity contribution in [2.75, 3.05) is 13.1 Å². The van der Waals surface area contributed by atoms with Crippen LogP contribution in [0.15, 0.2) is 17.3 Å². The van der Waals surface area contributed by atoms with Gasteiger partial charge < -0.3 is 5.32 Å². The van der Waals surface area contributed by atoms with Crippen molar-refractivity contribution in [3.8, 4) is 0 Å². The zero-order chi connectivity index (χ0) is 10.5. The number of aromatic nitrogens is 2. The van der Waals surface area contributed by atoms with Gasteiger partial charge >= 0.3 is 0 Å². The molecule has 0 saturated carbocycles. The number of aryl methyl sites for hydroxylation is 1. The van der Waals surface area contributed by atoms with Gasteiger partial charge in [-0.25, -0.2) is 9.97 Å². The summed E-state index contributed by atoms with van der Waals surface area (Å²) in [6.07, 6.45) is 7.33. The first kappa shape index (κ1) is 10.9. The molecule has 82 valence electrons. The van der Waals surface area contributed by atoms with Crippen LogP contribution in [0.3, 0.4) is 0 Å². The molecule has 0 spiro atoms. The molecule has 4 heteroatoms. The lowest BCUT2D eigenvalue weighted by Gasteiger charge is -2.21. The summed E-state index contributed by atoms with van der Waals surface area (Å²) in [5.41, 5.74) is 0. The maximum Gasteiger partial charge on any atom is 0.128 e. The second-order valence-electron chi connectivity index (χ2n) is 3.76. The van der Waals surface area contributed by atoms with Crippen molar-refractivity contribution in [2.24, 2.45) is 0 Å². The zero-order valence-corrected chi connectivity index (χ0v) is 9.89. The summed E-state index contributed by atoms with van der Waals surface area (Å²) in [7, 11) is 0. The van der Waals surface area contributed by atoms with Gasteiger partial charge in [0.05, 0.1) is 0 Å². The van der Waals surface area contributed by atoms with E-state index in [9.17, 15) is 0 Å². The van der Waals surface area contributed by atoms with E-state index in [0.29, 0.717) is 0 Å². The van der Waals surface area contributed by atoms with Gasteiger partial charge in [-0.1, -0.05) is 6.92 Å². The van der Waals surface area contributed by atoms with Crippen LogP contribution in [0.4, 0.5) is 0 Å². The average molecular weight is 223 g/mol. The van der Waals surface area contributed by atoms with Gasteiger partial charge in [-0.15, -0.1) is 11.8 Å².